The Morgan fingerprint density at radius 3 is 2.22 bits per heavy atom. The molecule has 9 atom stereocenters. The van der Waals surface area contributed by atoms with E-state index in [2.05, 4.69) is 15.1 Å². The maximum Gasteiger partial charge on any atom is 0.307 e. The van der Waals surface area contributed by atoms with Crippen LogP contribution in [-0.2, 0) is 14.3 Å². The van der Waals surface area contributed by atoms with E-state index in [1.165, 1.54) is 52.4 Å². The molecule has 3 aromatic carbocycles. The molecule has 1 fully saturated rings. The van der Waals surface area contributed by atoms with Gasteiger partial charge in [-0.2, -0.15) is 0 Å². The lowest BCUT2D eigenvalue weighted by molar-refractivity contribution is -0.112. The number of hydrogen-bond acceptors (Lipinski definition) is 15. The van der Waals surface area contributed by atoms with Gasteiger partial charge < -0.3 is 59.3 Å². The second-order valence-electron chi connectivity index (χ2n) is 18.1. The van der Waals surface area contributed by atoms with Crippen molar-refractivity contribution in [1.82, 2.24) is 9.88 Å². The summed E-state index contributed by atoms with van der Waals surface area (Å²) in [4.78, 5) is 51.8. The third-order valence-corrected chi connectivity index (χ3v) is 13.7. The third-order valence-electron chi connectivity index (χ3n) is 13.7. The first-order valence-electron chi connectivity index (χ1n) is 21.8. The average molecular weight is 885 g/mol. The third kappa shape index (κ3) is 8.10. The van der Waals surface area contributed by atoms with Crippen molar-refractivity contribution < 1.29 is 49.0 Å². The Balaban J connectivity index is 1.47. The molecule has 1 saturated heterocycles. The summed E-state index contributed by atoms with van der Waals surface area (Å²) in [5.74, 6) is -6.19. The van der Waals surface area contributed by atoms with Gasteiger partial charge in [0.1, 0.15) is 22.7 Å². The Morgan fingerprint density at radius 1 is 0.906 bits per heavy atom. The van der Waals surface area contributed by atoms with Gasteiger partial charge in [-0.25, -0.2) is 4.98 Å². The molecule has 16 heteroatoms. The van der Waals surface area contributed by atoms with Crippen molar-refractivity contribution in [2.45, 2.75) is 97.6 Å². The number of phenolic OH excluding ortho intramolecular Hbond substituents is 1. The highest BCUT2D eigenvalue weighted by Gasteiger charge is 2.44. The summed E-state index contributed by atoms with van der Waals surface area (Å²) >= 11 is 0. The first kappa shape index (κ1) is 46.5. The van der Waals surface area contributed by atoms with Gasteiger partial charge in [0.15, 0.2) is 22.4 Å². The summed E-state index contributed by atoms with van der Waals surface area (Å²) < 4.78 is 24.5. The highest BCUT2D eigenvalue weighted by atomic mass is 16.7. The van der Waals surface area contributed by atoms with Crippen LogP contribution in [0, 0.1) is 30.6 Å². The number of benzene rings is 3. The maximum atomic E-state index is 14.8. The fourth-order valence-electron chi connectivity index (χ4n) is 9.31. The van der Waals surface area contributed by atoms with Gasteiger partial charge >= 0.3 is 5.79 Å². The number of methoxy groups -OCH3 is 1. The molecule has 0 saturated carbocycles. The minimum atomic E-state index is -1.95. The number of aromatic nitrogens is 1. The molecule has 0 spiro atoms. The molecule has 16 nitrogen and oxygen atoms in total. The second-order valence-corrected chi connectivity index (χ2v) is 18.1. The number of anilines is 2. The Labute approximate surface area is 370 Å². The van der Waals surface area contributed by atoms with Crippen molar-refractivity contribution in [3.63, 3.8) is 0 Å². The number of carbonyl (C=O) groups excluding carboxylic acids is 1. The first-order valence-corrected chi connectivity index (χ1v) is 21.8. The maximum absolute atomic E-state index is 14.8. The fourth-order valence-corrected chi connectivity index (χ4v) is 9.31. The molecule has 4 aromatic rings. The summed E-state index contributed by atoms with van der Waals surface area (Å²) in [5.41, 5.74) is -1.25. The number of allylic oxidation sites excluding steroid dienone is 2. The molecule has 344 valence electrons. The van der Waals surface area contributed by atoms with Gasteiger partial charge in [0.25, 0.3) is 5.91 Å². The van der Waals surface area contributed by atoms with Gasteiger partial charge in [-0.3, -0.25) is 14.4 Å². The average Bonchev–Trinajstić information content (AvgIpc) is 3.54. The number of nitrogens with zero attached hydrogens (tertiary/aromatic N) is 3. The molecule has 7 rings (SSSR count). The molecule has 4 bridgehead atoms. The quantitative estimate of drug-likeness (QED) is 0.123. The zero-order chi connectivity index (χ0) is 46.7. The summed E-state index contributed by atoms with van der Waals surface area (Å²) in [5, 5.41) is 60.2. The van der Waals surface area contributed by atoms with Crippen LogP contribution < -0.4 is 31.0 Å². The Morgan fingerprint density at radius 2 is 1.56 bits per heavy atom. The summed E-state index contributed by atoms with van der Waals surface area (Å²) in [6.07, 6.45) is 5.24. The lowest BCUT2D eigenvalue weighted by Gasteiger charge is -2.36. The van der Waals surface area contributed by atoms with Crippen LogP contribution in [0.1, 0.15) is 59.9 Å². The van der Waals surface area contributed by atoms with Crippen molar-refractivity contribution in [3.05, 3.63) is 79.5 Å². The SMILES string of the molecule is CO[C@H]1/C=C/O[C@@]2(C)Oc3c(C)c(O)c4c(=O)c(c5oc6cc(N7CCC(N(C)C)CC7)cc(=O)c6nc5c4c3=C2O)NC(=O)/C(C)=C\C=C\[C@H](C)[C@H](O)[C@@H](C)[C@@H](O)[C@H](C)[C@H](O)[C@H]1C. The van der Waals surface area contributed by atoms with E-state index in [1.54, 1.807) is 45.9 Å². The molecule has 4 heterocycles. The highest BCUT2D eigenvalue weighted by molar-refractivity contribution is 6.16. The van der Waals surface area contributed by atoms with Crippen LogP contribution in [0.2, 0.25) is 0 Å². The van der Waals surface area contributed by atoms with Crippen LogP contribution >= 0.6 is 0 Å². The number of fused-ring (bicyclic) bond motifs is 2. The molecule has 64 heavy (non-hydrogen) atoms. The van der Waals surface area contributed by atoms with E-state index >= 15 is 0 Å². The molecule has 0 radical (unpaired) electrons. The number of phenols is 1. The van der Waals surface area contributed by atoms with E-state index in [1.807, 2.05) is 14.1 Å². The number of carbonyl (C=O) groups is 1. The zero-order valence-electron chi connectivity index (χ0n) is 38.0. The summed E-state index contributed by atoms with van der Waals surface area (Å²) in [7, 11) is 5.53. The predicted octanol–water partition coefficient (Wildman–Crippen LogP) is 4.52. The number of aliphatic hydroxyl groups excluding tert-OH is 4. The molecule has 0 unspecified atom stereocenters. The van der Waals surface area contributed by atoms with Gasteiger partial charge in [-0.15, -0.1) is 0 Å². The van der Waals surface area contributed by atoms with Gasteiger partial charge in [-0.05, 0) is 46.9 Å². The van der Waals surface area contributed by atoms with E-state index in [4.69, 9.17) is 23.6 Å². The molecule has 0 aliphatic carbocycles. The highest BCUT2D eigenvalue weighted by Crippen LogP contribution is 2.42. The number of hydrogen-bond donors (Lipinski definition) is 6. The molecule has 1 aromatic heterocycles. The number of amides is 1. The summed E-state index contributed by atoms with van der Waals surface area (Å²) in [6.45, 7) is 12.7. The first-order chi connectivity index (χ1) is 30.2. The van der Waals surface area contributed by atoms with Crippen LogP contribution in [0.4, 0.5) is 11.4 Å². The number of ether oxygens (including phenoxy) is 3. The minimum absolute atomic E-state index is 0.0341. The Hall–Kier alpha value is -5.52. The van der Waals surface area contributed by atoms with Crippen LogP contribution in [-0.4, -0.2) is 112 Å². The zero-order valence-corrected chi connectivity index (χ0v) is 38.0. The van der Waals surface area contributed by atoms with Crippen molar-refractivity contribution in [1.29, 1.82) is 0 Å². The van der Waals surface area contributed by atoms with Crippen LogP contribution in [0.5, 0.6) is 11.5 Å². The topological polar surface area (TPSA) is 225 Å². The van der Waals surface area contributed by atoms with Gasteiger partial charge in [0.2, 0.25) is 10.9 Å². The predicted molar refractivity (Wildman–Crippen MR) is 244 cm³/mol. The summed E-state index contributed by atoms with van der Waals surface area (Å²) in [6, 6.07) is 3.55. The lowest BCUT2D eigenvalue weighted by Crippen LogP contribution is -2.44. The molecule has 3 aliphatic rings. The van der Waals surface area contributed by atoms with E-state index in [-0.39, 0.29) is 60.8 Å². The van der Waals surface area contributed by atoms with E-state index in [0.717, 1.165) is 12.8 Å². The molecular weight excluding hydrogens is 825 g/mol. The molecular formula is C48H60N4O12. The lowest BCUT2D eigenvalue weighted by atomic mass is 9.78. The smallest absolute Gasteiger partial charge is 0.307 e. The number of piperidine rings is 1. The van der Waals surface area contributed by atoms with Crippen LogP contribution in [0.15, 0.2) is 62.3 Å². The van der Waals surface area contributed by atoms with Gasteiger partial charge in [0, 0.05) is 91.2 Å². The van der Waals surface area contributed by atoms with Crippen molar-refractivity contribution in [2.75, 3.05) is 44.5 Å². The van der Waals surface area contributed by atoms with Crippen molar-refractivity contribution in [2.24, 2.45) is 23.7 Å². The Kier molecular flexibility index (Phi) is 12.9. The largest absolute Gasteiger partial charge is 0.507 e. The van der Waals surface area contributed by atoms with E-state index in [9.17, 15) is 39.9 Å². The number of aromatic hydroxyl groups is 1. The fraction of sp³-hybridized carbons (Fsp3) is 0.500. The van der Waals surface area contributed by atoms with Crippen molar-refractivity contribution in [3.8, 4) is 11.5 Å². The second kappa shape index (κ2) is 17.8. The van der Waals surface area contributed by atoms with E-state index in [0.29, 0.717) is 24.8 Å². The standard InChI is InChI=1S/C48H60N4O12/c1-22-12-11-13-23(2)47(60)50-38-43(58)34-33(37-45(38)63-32-21-29(20-30(53)36(32)49-37)52-17-14-28(15-18-52)51(8)9)35-44(27(6)42(34)57)64-48(7,46(35)59)62-19-16-31(61-10)24(3)40(55)26(5)41(56)25(4)39(22)54/h11-13,16,19-22,24-26,28,31,39-41,54-57,59H,14-15,17-18H2,1-10H3,(H,50,60)/b12-11+,19-16+,23-13-/t22-,24-,25+,26+,31-,39-,40+,41+,48-/m0/s1. The monoisotopic (exact) mass is 884 g/mol. The number of rotatable bonds is 3. The van der Waals surface area contributed by atoms with Crippen LogP contribution in [0.25, 0.3) is 38.7 Å². The van der Waals surface area contributed by atoms with Gasteiger partial charge in [-0.1, -0.05) is 45.9 Å². The molecule has 3 aliphatic heterocycles. The van der Waals surface area contributed by atoms with E-state index < -0.39 is 82.1 Å². The van der Waals surface area contributed by atoms with Crippen molar-refractivity contribution >= 4 is 56.0 Å². The van der Waals surface area contributed by atoms with Gasteiger partial charge in [0.05, 0.1) is 41.3 Å². The molecule has 1 amide bonds. The minimum Gasteiger partial charge on any atom is -0.507 e. The van der Waals surface area contributed by atoms with Crippen LogP contribution in [0.3, 0.4) is 0 Å². The number of nitrogens with one attached hydrogen (secondary N) is 1. The number of aliphatic hydroxyl groups is 4. The normalized spacial score (nSPS) is 30.7. The Bertz CT molecular complexity index is 2760. The molecule has 6 N–H and O–H groups in total.